The zero-order valence-electron chi connectivity index (χ0n) is 16.9. The first-order valence-electron chi connectivity index (χ1n) is 9.69. The first-order valence-corrected chi connectivity index (χ1v) is 9.69. The maximum absolute atomic E-state index is 12.9. The van der Waals surface area contributed by atoms with E-state index in [4.69, 9.17) is 9.47 Å². The fourth-order valence-corrected chi connectivity index (χ4v) is 3.67. The number of nitrogens with zero attached hydrogens (tertiary/aromatic N) is 1. The molecular formula is C22H23N3O5. The highest BCUT2D eigenvalue weighted by Crippen LogP contribution is 2.34. The van der Waals surface area contributed by atoms with Crippen LogP contribution in [0.2, 0.25) is 0 Å². The highest BCUT2D eigenvalue weighted by Gasteiger charge is 2.48. The molecule has 8 nitrogen and oxygen atoms in total. The topological polar surface area (TPSA) is 97.0 Å². The number of urea groups is 1. The number of carbonyl (C=O) groups is 3. The van der Waals surface area contributed by atoms with E-state index in [1.165, 1.54) is 0 Å². The molecule has 2 heterocycles. The van der Waals surface area contributed by atoms with Crippen LogP contribution in [-0.2, 0) is 22.6 Å². The average molecular weight is 409 g/mol. The van der Waals surface area contributed by atoms with E-state index in [-0.39, 0.29) is 19.8 Å². The van der Waals surface area contributed by atoms with Crippen LogP contribution in [0.25, 0.3) is 0 Å². The lowest BCUT2D eigenvalue weighted by Gasteiger charge is -2.22. The number of carbonyl (C=O) groups excluding carboxylic acids is 3. The van der Waals surface area contributed by atoms with Gasteiger partial charge in [0.05, 0.1) is 0 Å². The Hall–Kier alpha value is -3.55. The van der Waals surface area contributed by atoms with Gasteiger partial charge in [-0.3, -0.25) is 14.5 Å². The van der Waals surface area contributed by atoms with Crippen LogP contribution in [0, 0.1) is 6.92 Å². The maximum Gasteiger partial charge on any atom is 0.325 e. The molecule has 0 spiro atoms. The number of fused-ring (bicyclic) bond motifs is 1. The monoisotopic (exact) mass is 409 g/mol. The number of aryl methyl sites for hydroxylation is 1. The van der Waals surface area contributed by atoms with Gasteiger partial charge < -0.3 is 20.1 Å². The van der Waals surface area contributed by atoms with E-state index < -0.39 is 23.4 Å². The van der Waals surface area contributed by atoms with Gasteiger partial charge in [0.15, 0.2) is 11.5 Å². The van der Waals surface area contributed by atoms with Crippen LogP contribution >= 0.6 is 0 Å². The quantitative estimate of drug-likeness (QED) is 0.711. The van der Waals surface area contributed by atoms with E-state index in [2.05, 4.69) is 10.6 Å². The Balaban J connectivity index is 1.39. The van der Waals surface area contributed by atoms with E-state index in [0.717, 1.165) is 21.6 Å². The Morgan fingerprint density at radius 3 is 2.73 bits per heavy atom. The molecule has 0 radical (unpaired) electrons. The van der Waals surface area contributed by atoms with Gasteiger partial charge in [0.1, 0.15) is 12.1 Å². The number of amides is 4. The van der Waals surface area contributed by atoms with Crippen molar-refractivity contribution in [3.63, 3.8) is 0 Å². The minimum atomic E-state index is -1.14. The van der Waals surface area contributed by atoms with E-state index in [1.807, 2.05) is 37.3 Å². The number of benzene rings is 2. The van der Waals surface area contributed by atoms with Crippen molar-refractivity contribution in [3.05, 3.63) is 59.2 Å². The molecule has 2 aliphatic heterocycles. The Morgan fingerprint density at radius 2 is 1.93 bits per heavy atom. The number of hydrogen-bond acceptors (Lipinski definition) is 5. The highest BCUT2D eigenvalue weighted by atomic mass is 16.7. The van der Waals surface area contributed by atoms with Crippen molar-refractivity contribution in [1.82, 2.24) is 15.5 Å². The van der Waals surface area contributed by atoms with E-state index in [9.17, 15) is 14.4 Å². The smallest absolute Gasteiger partial charge is 0.325 e. The molecule has 1 fully saturated rings. The SMILES string of the molecule is Cc1ccccc1CNC(=O)CN1C(=O)N[C@](C)(Cc2ccc3c(c2)OCO3)C1=O. The number of rotatable bonds is 6. The van der Waals surface area contributed by atoms with Crippen LogP contribution in [0.4, 0.5) is 4.79 Å². The molecule has 0 bridgehead atoms. The summed E-state index contributed by atoms with van der Waals surface area (Å²) in [4.78, 5) is 38.7. The van der Waals surface area contributed by atoms with Gasteiger partial charge in [-0.05, 0) is 42.7 Å². The van der Waals surface area contributed by atoms with Crippen molar-refractivity contribution in [2.45, 2.75) is 32.4 Å². The summed E-state index contributed by atoms with van der Waals surface area (Å²) in [7, 11) is 0. The lowest BCUT2D eigenvalue weighted by atomic mass is 9.92. The molecule has 2 N–H and O–H groups in total. The summed E-state index contributed by atoms with van der Waals surface area (Å²) in [5.74, 6) is 0.434. The molecule has 2 aliphatic rings. The van der Waals surface area contributed by atoms with Gasteiger partial charge >= 0.3 is 6.03 Å². The Morgan fingerprint density at radius 1 is 1.17 bits per heavy atom. The lowest BCUT2D eigenvalue weighted by Crippen LogP contribution is -2.46. The van der Waals surface area contributed by atoms with Crippen LogP contribution in [0.15, 0.2) is 42.5 Å². The molecule has 0 aliphatic carbocycles. The Bertz CT molecular complexity index is 1020. The molecule has 1 atom stereocenters. The lowest BCUT2D eigenvalue weighted by molar-refractivity contribution is -0.134. The first kappa shape index (κ1) is 19.8. The van der Waals surface area contributed by atoms with Crippen LogP contribution in [0.1, 0.15) is 23.6 Å². The second-order valence-electron chi connectivity index (χ2n) is 7.72. The van der Waals surface area contributed by atoms with Crippen molar-refractivity contribution < 1.29 is 23.9 Å². The predicted octanol–water partition coefficient (Wildman–Crippen LogP) is 1.89. The molecule has 0 aromatic heterocycles. The van der Waals surface area contributed by atoms with E-state index in [1.54, 1.807) is 19.1 Å². The largest absolute Gasteiger partial charge is 0.454 e. The van der Waals surface area contributed by atoms with E-state index >= 15 is 0 Å². The summed E-state index contributed by atoms with van der Waals surface area (Å²) in [6, 6.07) is 12.5. The second kappa shape index (κ2) is 7.70. The van der Waals surface area contributed by atoms with Gasteiger partial charge in [-0.15, -0.1) is 0 Å². The molecule has 0 saturated carbocycles. The molecule has 8 heteroatoms. The fourth-order valence-electron chi connectivity index (χ4n) is 3.67. The summed E-state index contributed by atoms with van der Waals surface area (Å²) in [6.07, 6.45) is 0.273. The standard InChI is InChI=1S/C22H23N3O5/c1-14-5-3-4-6-16(14)11-23-19(26)12-25-20(27)22(2,24-21(25)28)10-15-7-8-17-18(9-15)30-13-29-17/h3-9H,10-13H2,1-2H3,(H,23,26)(H,24,28)/t22-/m1/s1. The molecule has 4 rings (SSSR count). The number of ether oxygens (including phenoxy) is 2. The van der Waals surface area contributed by atoms with Crippen molar-refractivity contribution in [3.8, 4) is 11.5 Å². The van der Waals surface area contributed by atoms with Crippen LogP contribution in [0.5, 0.6) is 11.5 Å². The van der Waals surface area contributed by atoms with E-state index in [0.29, 0.717) is 18.0 Å². The maximum atomic E-state index is 12.9. The Labute approximate surface area is 174 Å². The molecule has 2 aromatic rings. The molecule has 1 saturated heterocycles. The number of imide groups is 1. The van der Waals surface area contributed by atoms with Gasteiger partial charge in [-0.25, -0.2) is 4.79 Å². The molecular weight excluding hydrogens is 386 g/mol. The van der Waals surface area contributed by atoms with Gasteiger partial charge in [-0.2, -0.15) is 0 Å². The zero-order chi connectivity index (χ0) is 21.3. The molecule has 30 heavy (non-hydrogen) atoms. The van der Waals surface area contributed by atoms with Gasteiger partial charge in [0.25, 0.3) is 5.91 Å². The second-order valence-corrected chi connectivity index (χ2v) is 7.72. The van der Waals surface area contributed by atoms with Gasteiger partial charge in [0.2, 0.25) is 12.7 Å². The fraction of sp³-hybridized carbons (Fsp3) is 0.318. The summed E-state index contributed by atoms with van der Waals surface area (Å²) in [5.41, 5.74) is 1.72. The third kappa shape index (κ3) is 3.80. The summed E-state index contributed by atoms with van der Waals surface area (Å²) >= 11 is 0. The normalized spacial score (nSPS) is 19.7. The molecule has 0 unspecified atom stereocenters. The third-order valence-corrected chi connectivity index (χ3v) is 5.38. The molecule has 2 aromatic carbocycles. The van der Waals surface area contributed by atoms with Crippen LogP contribution < -0.4 is 20.1 Å². The van der Waals surface area contributed by atoms with Crippen LogP contribution in [0.3, 0.4) is 0 Å². The van der Waals surface area contributed by atoms with Crippen molar-refractivity contribution >= 4 is 17.8 Å². The Kier molecular flexibility index (Phi) is 5.07. The summed E-state index contributed by atoms with van der Waals surface area (Å²) < 4.78 is 10.7. The molecule has 4 amide bonds. The van der Waals surface area contributed by atoms with Crippen molar-refractivity contribution in [2.75, 3.05) is 13.3 Å². The van der Waals surface area contributed by atoms with Gasteiger partial charge in [0, 0.05) is 13.0 Å². The number of nitrogens with one attached hydrogen (secondary N) is 2. The van der Waals surface area contributed by atoms with Gasteiger partial charge in [-0.1, -0.05) is 30.3 Å². The predicted molar refractivity (Wildman–Crippen MR) is 108 cm³/mol. The summed E-state index contributed by atoms with van der Waals surface area (Å²) in [6.45, 7) is 3.79. The first-order chi connectivity index (χ1) is 14.4. The molecule has 156 valence electrons. The van der Waals surface area contributed by atoms with Crippen LogP contribution in [-0.4, -0.2) is 41.6 Å². The average Bonchev–Trinajstić information content (AvgIpc) is 3.25. The van der Waals surface area contributed by atoms with Crippen molar-refractivity contribution in [2.24, 2.45) is 0 Å². The minimum Gasteiger partial charge on any atom is -0.454 e. The minimum absolute atomic E-state index is 0.164. The summed E-state index contributed by atoms with van der Waals surface area (Å²) in [5, 5.41) is 5.49. The third-order valence-electron chi connectivity index (χ3n) is 5.38. The zero-order valence-corrected chi connectivity index (χ0v) is 16.9. The number of hydrogen-bond donors (Lipinski definition) is 2. The van der Waals surface area contributed by atoms with Crippen molar-refractivity contribution in [1.29, 1.82) is 0 Å². The highest BCUT2D eigenvalue weighted by molar-refractivity contribution is 6.08.